The maximum Gasteiger partial charge on any atom is 0.339 e. The van der Waals surface area contributed by atoms with Gasteiger partial charge in [0.2, 0.25) is 0 Å². The summed E-state index contributed by atoms with van der Waals surface area (Å²) in [6.45, 7) is 0. The molecule has 0 saturated heterocycles. The van der Waals surface area contributed by atoms with Crippen LogP contribution >= 0.6 is 0 Å². The summed E-state index contributed by atoms with van der Waals surface area (Å²) < 4.78 is 10.5. The maximum atomic E-state index is 11.3. The third-order valence-electron chi connectivity index (χ3n) is 3.23. The van der Waals surface area contributed by atoms with E-state index in [0.717, 1.165) is 12.1 Å². The number of nitrogens with zero attached hydrogens (tertiary/aromatic N) is 1. The lowest BCUT2D eigenvalue weighted by Gasteiger charge is -2.09. The molecule has 120 valence electrons. The fourth-order valence-corrected chi connectivity index (χ4v) is 2.12. The summed E-state index contributed by atoms with van der Waals surface area (Å²) in [5.74, 6) is -1.19. The number of hydrogen-bond acceptors (Lipinski definition) is 6. The minimum absolute atomic E-state index is 0.0641. The lowest BCUT2D eigenvalue weighted by Crippen LogP contribution is -2.01. The molecular weight excluding hydrogens is 318 g/mol. The average molecular weight is 327 g/mol. The Morgan fingerprint density at radius 1 is 1.12 bits per heavy atom. The van der Waals surface area contributed by atoms with Gasteiger partial charge in [-0.3, -0.25) is 10.1 Å². The number of rotatable bonds is 4. The van der Waals surface area contributed by atoms with E-state index in [0.29, 0.717) is 5.39 Å². The second-order valence-electron chi connectivity index (χ2n) is 4.80. The van der Waals surface area contributed by atoms with Crippen LogP contribution in [0.2, 0.25) is 0 Å². The number of hydrogen-bond donors (Lipinski definition) is 1. The first-order valence-electron chi connectivity index (χ1n) is 6.67. The van der Waals surface area contributed by atoms with Crippen LogP contribution in [0, 0.1) is 10.1 Å². The summed E-state index contributed by atoms with van der Waals surface area (Å²) in [6, 6.07) is 10.8. The molecule has 0 atom stereocenters. The van der Waals surface area contributed by atoms with Gasteiger partial charge in [-0.15, -0.1) is 0 Å². The van der Waals surface area contributed by atoms with Gasteiger partial charge >= 0.3 is 11.6 Å². The van der Waals surface area contributed by atoms with Crippen LogP contribution in [0.1, 0.15) is 10.4 Å². The number of ether oxygens (including phenoxy) is 1. The van der Waals surface area contributed by atoms with Gasteiger partial charge in [-0.25, -0.2) is 9.59 Å². The lowest BCUT2D eigenvalue weighted by atomic mass is 10.1. The van der Waals surface area contributed by atoms with Crippen LogP contribution in [0.3, 0.4) is 0 Å². The highest BCUT2D eigenvalue weighted by molar-refractivity contribution is 5.92. The van der Waals surface area contributed by atoms with E-state index >= 15 is 0 Å². The molecule has 0 spiro atoms. The number of fused-ring (bicyclic) bond motifs is 1. The number of carbonyl (C=O) groups is 1. The molecule has 3 rings (SSSR count). The van der Waals surface area contributed by atoms with E-state index in [9.17, 15) is 24.8 Å². The second-order valence-corrected chi connectivity index (χ2v) is 4.80. The second kappa shape index (κ2) is 5.84. The minimum Gasteiger partial charge on any atom is -0.478 e. The zero-order chi connectivity index (χ0) is 17.3. The van der Waals surface area contributed by atoms with Gasteiger partial charge in [0.15, 0.2) is 0 Å². The largest absolute Gasteiger partial charge is 0.478 e. The van der Waals surface area contributed by atoms with Crippen LogP contribution in [0.4, 0.5) is 5.69 Å². The fourth-order valence-electron chi connectivity index (χ4n) is 2.12. The van der Waals surface area contributed by atoms with Crippen molar-refractivity contribution in [2.24, 2.45) is 0 Å². The van der Waals surface area contributed by atoms with Crippen molar-refractivity contribution in [3.8, 4) is 11.5 Å². The molecule has 0 bridgehead atoms. The van der Waals surface area contributed by atoms with Crippen LogP contribution in [0.5, 0.6) is 11.5 Å². The zero-order valence-corrected chi connectivity index (χ0v) is 12.0. The van der Waals surface area contributed by atoms with E-state index in [1.807, 2.05) is 0 Å². The fraction of sp³-hybridized carbons (Fsp3) is 0. The molecule has 8 nitrogen and oxygen atoms in total. The van der Waals surface area contributed by atoms with Crippen LogP contribution in [-0.2, 0) is 0 Å². The maximum absolute atomic E-state index is 11.3. The molecule has 0 aliphatic rings. The third-order valence-corrected chi connectivity index (χ3v) is 3.23. The average Bonchev–Trinajstić information content (AvgIpc) is 2.54. The molecule has 0 fully saturated rings. The summed E-state index contributed by atoms with van der Waals surface area (Å²) in [4.78, 5) is 32.6. The Hall–Kier alpha value is -3.68. The molecule has 2 aromatic carbocycles. The molecule has 0 unspecified atom stereocenters. The van der Waals surface area contributed by atoms with E-state index in [1.54, 1.807) is 18.2 Å². The van der Waals surface area contributed by atoms with Crippen molar-refractivity contribution >= 4 is 22.6 Å². The number of carboxylic acids is 1. The molecule has 0 aliphatic carbocycles. The predicted molar refractivity (Wildman–Crippen MR) is 82.6 cm³/mol. The van der Waals surface area contributed by atoms with Crippen molar-refractivity contribution in [3.63, 3.8) is 0 Å². The lowest BCUT2D eigenvalue weighted by molar-refractivity contribution is -0.384. The number of nitro groups is 1. The van der Waals surface area contributed by atoms with Crippen LogP contribution < -0.4 is 10.4 Å². The Bertz CT molecular complexity index is 1020. The third kappa shape index (κ3) is 2.93. The molecule has 3 aromatic rings. The standard InChI is InChI=1S/C16H9NO7/c18-15-6-2-9-1-4-11(8-14(9)24-15)23-13-5-3-10(17(21)22)7-12(13)16(19)20/h1-8H,(H,19,20). The summed E-state index contributed by atoms with van der Waals surface area (Å²) in [7, 11) is 0. The minimum atomic E-state index is -1.36. The number of non-ortho nitro benzene ring substituents is 1. The SMILES string of the molecule is O=C(O)c1cc([N+](=O)[O-])ccc1Oc1ccc2ccc(=O)oc2c1. The van der Waals surface area contributed by atoms with Crippen molar-refractivity contribution < 1.29 is 24.0 Å². The summed E-state index contributed by atoms with van der Waals surface area (Å²) in [5, 5.41) is 20.6. The molecule has 8 heteroatoms. The quantitative estimate of drug-likeness (QED) is 0.444. The zero-order valence-electron chi connectivity index (χ0n) is 12.0. The van der Waals surface area contributed by atoms with Crippen molar-refractivity contribution in [2.75, 3.05) is 0 Å². The number of benzene rings is 2. The summed E-state index contributed by atoms with van der Waals surface area (Å²) in [6.07, 6.45) is 0. The van der Waals surface area contributed by atoms with Crippen molar-refractivity contribution in [3.05, 3.63) is 74.6 Å². The Kier molecular flexibility index (Phi) is 3.70. The van der Waals surface area contributed by atoms with Crippen molar-refractivity contribution in [1.29, 1.82) is 0 Å². The van der Waals surface area contributed by atoms with Gasteiger partial charge in [0.25, 0.3) is 5.69 Å². The normalized spacial score (nSPS) is 10.5. The van der Waals surface area contributed by atoms with Crippen LogP contribution in [0.25, 0.3) is 11.0 Å². The highest BCUT2D eigenvalue weighted by atomic mass is 16.6. The van der Waals surface area contributed by atoms with E-state index in [1.165, 1.54) is 18.2 Å². The van der Waals surface area contributed by atoms with Gasteiger partial charge in [-0.1, -0.05) is 0 Å². The molecule has 0 aliphatic heterocycles. The van der Waals surface area contributed by atoms with E-state index < -0.39 is 16.5 Å². The summed E-state index contributed by atoms with van der Waals surface area (Å²) >= 11 is 0. The molecule has 0 saturated carbocycles. The Balaban J connectivity index is 2.03. The molecule has 1 aromatic heterocycles. The molecule has 1 N–H and O–H groups in total. The Labute approximate surface area is 133 Å². The first-order chi connectivity index (χ1) is 11.4. The van der Waals surface area contributed by atoms with E-state index in [4.69, 9.17) is 9.15 Å². The van der Waals surface area contributed by atoms with E-state index in [-0.39, 0.29) is 28.3 Å². The van der Waals surface area contributed by atoms with Crippen LogP contribution in [-0.4, -0.2) is 16.0 Å². The first-order valence-corrected chi connectivity index (χ1v) is 6.67. The number of aromatic carboxylic acids is 1. The Morgan fingerprint density at radius 2 is 1.88 bits per heavy atom. The molecule has 0 amide bonds. The van der Waals surface area contributed by atoms with Gasteiger partial charge in [-0.2, -0.15) is 0 Å². The monoisotopic (exact) mass is 327 g/mol. The first kappa shape index (κ1) is 15.2. The number of nitro benzene ring substituents is 1. The van der Waals surface area contributed by atoms with Gasteiger partial charge in [0, 0.05) is 29.7 Å². The predicted octanol–water partition coefficient (Wildman–Crippen LogP) is 3.19. The van der Waals surface area contributed by atoms with Crippen molar-refractivity contribution in [2.45, 2.75) is 0 Å². The molecule has 0 radical (unpaired) electrons. The van der Waals surface area contributed by atoms with Crippen LogP contribution in [0.15, 0.2) is 57.7 Å². The van der Waals surface area contributed by atoms with E-state index in [2.05, 4.69) is 0 Å². The van der Waals surface area contributed by atoms with Gasteiger partial charge in [0.05, 0.1) is 4.92 Å². The van der Waals surface area contributed by atoms with Gasteiger partial charge in [0.1, 0.15) is 22.6 Å². The smallest absolute Gasteiger partial charge is 0.339 e. The molecule has 1 heterocycles. The van der Waals surface area contributed by atoms with Crippen molar-refractivity contribution in [1.82, 2.24) is 0 Å². The molecule has 24 heavy (non-hydrogen) atoms. The summed E-state index contributed by atoms with van der Waals surface area (Å²) in [5.41, 5.74) is -0.955. The van der Waals surface area contributed by atoms with Gasteiger partial charge < -0.3 is 14.3 Å². The van der Waals surface area contributed by atoms with Gasteiger partial charge in [-0.05, 0) is 24.3 Å². The highest BCUT2D eigenvalue weighted by Gasteiger charge is 2.17. The number of carboxylic acid groups (broad SMARTS) is 1. The molecular formula is C16H9NO7. The highest BCUT2D eigenvalue weighted by Crippen LogP contribution is 2.30. The topological polar surface area (TPSA) is 120 Å². The Morgan fingerprint density at radius 3 is 2.58 bits per heavy atom.